The Morgan fingerprint density at radius 2 is 2.16 bits per heavy atom. The molecule has 2 N–H and O–H groups in total. The molecule has 102 valence electrons. The molecule has 0 amide bonds. The fourth-order valence-electron chi connectivity index (χ4n) is 1.78. The molecule has 1 heterocycles. The van der Waals surface area contributed by atoms with E-state index in [0.717, 1.165) is 17.0 Å². The van der Waals surface area contributed by atoms with E-state index in [2.05, 4.69) is 10.5 Å². The number of aromatic nitrogens is 1. The third-order valence-corrected chi connectivity index (χ3v) is 2.64. The lowest BCUT2D eigenvalue weighted by Gasteiger charge is -2.08. The minimum Gasteiger partial charge on any atom is -0.504 e. The standard InChI is InChI=1S/C14H18N2O3/c1-3-18-14-7-11(4-5-13(14)17)8-15-9-12-6-10(2)19-16-12/h4-7,15,17H,3,8-9H2,1-2H3. The van der Waals surface area contributed by atoms with Crippen LogP contribution in [0.15, 0.2) is 28.8 Å². The molecule has 0 aliphatic carbocycles. The third-order valence-electron chi connectivity index (χ3n) is 2.64. The first-order valence-corrected chi connectivity index (χ1v) is 6.26. The molecule has 5 heteroatoms. The first kappa shape index (κ1) is 13.4. The van der Waals surface area contributed by atoms with E-state index in [4.69, 9.17) is 9.26 Å². The number of phenolic OH excluding ortho intramolecular Hbond substituents is 1. The van der Waals surface area contributed by atoms with Gasteiger partial charge in [0.25, 0.3) is 0 Å². The Kier molecular flexibility index (Phi) is 4.41. The van der Waals surface area contributed by atoms with Crippen molar-refractivity contribution in [2.45, 2.75) is 26.9 Å². The Balaban J connectivity index is 1.90. The summed E-state index contributed by atoms with van der Waals surface area (Å²) in [6.45, 7) is 5.60. The molecule has 0 fully saturated rings. The molecular weight excluding hydrogens is 244 g/mol. The van der Waals surface area contributed by atoms with Crippen LogP contribution in [0.3, 0.4) is 0 Å². The summed E-state index contributed by atoms with van der Waals surface area (Å²) in [5.41, 5.74) is 1.92. The number of nitrogens with zero attached hydrogens (tertiary/aromatic N) is 1. The van der Waals surface area contributed by atoms with Crippen molar-refractivity contribution in [3.63, 3.8) is 0 Å². The number of hydrogen-bond acceptors (Lipinski definition) is 5. The molecule has 0 saturated heterocycles. The highest BCUT2D eigenvalue weighted by molar-refractivity contribution is 5.41. The van der Waals surface area contributed by atoms with Gasteiger partial charge in [-0.05, 0) is 31.5 Å². The van der Waals surface area contributed by atoms with Crippen LogP contribution >= 0.6 is 0 Å². The van der Waals surface area contributed by atoms with Crippen molar-refractivity contribution < 1.29 is 14.4 Å². The van der Waals surface area contributed by atoms with Crippen LogP contribution in [0.1, 0.15) is 23.9 Å². The molecule has 0 aliphatic heterocycles. The highest BCUT2D eigenvalue weighted by Crippen LogP contribution is 2.26. The van der Waals surface area contributed by atoms with Crippen molar-refractivity contribution in [1.82, 2.24) is 10.5 Å². The van der Waals surface area contributed by atoms with Crippen molar-refractivity contribution in [2.75, 3.05) is 6.61 Å². The van der Waals surface area contributed by atoms with Crippen LogP contribution < -0.4 is 10.1 Å². The maximum Gasteiger partial charge on any atom is 0.161 e. The molecule has 0 spiro atoms. The highest BCUT2D eigenvalue weighted by atomic mass is 16.5. The van der Waals surface area contributed by atoms with Gasteiger partial charge in [0.1, 0.15) is 5.76 Å². The normalized spacial score (nSPS) is 10.6. The number of benzene rings is 1. The summed E-state index contributed by atoms with van der Waals surface area (Å²) in [4.78, 5) is 0. The lowest BCUT2D eigenvalue weighted by molar-refractivity contribution is 0.317. The molecule has 1 aromatic carbocycles. The summed E-state index contributed by atoms with van der Waals surface area (Å²) < 4.78 is 10.3. The number of hydrogen-bond donors (Lipinski definition) is 2. The van der Waals surface area contributed by atoms with Crippen molar-refractivity contribution in [2.24, 2.45) is 0 Å². The number of aromatic hydroxyl groups is 1. The van der Waals surface area contributed by atoms with Gasteiger partial charge in [-0.25, -0.2) is 0 Å². The highest BCUT2D eigenvalue weighted by Gasteiger charge is 2.04. The molecule has 0 radical (unpaired) electrons. The van der Waals surface area contributed by atoms with Crippen LogP contribution in [0.2, 0.25) is 0 Å². The lowest BCUT2D eigenvalue weighted by atomic mass is 10.2. The molecule has 1 aromatic heterocycles. The van der Waals surface area contributed by atoms with E-state index in [9.17, 15) is 5.11 Å². The second kappa shape index (κ2) is 6.24. The van der Waals surface area contributed by atoms with Gasteiger partial charge in [0.05, 0.1) is 12.3 Å². The van der Waals surface area contributed by atoms with Gasteiger partial charge in [0, 0.05) is 19.2 Å². The average molecular weight is 262 g/mol. The number of aryl methyl sites for hydroxylation is 1. The number of rotatable bonds is 6. The van der Waals surface area contributed by atoms with E-state index < -0.39 is 0 Å². The van der Waals surface area contributed by atoms with Gasteiger partial charge in [0.2, 0.25) is 0 Å². The summed E-state index contributed by atoms with van der Waals surface area (Å²) in [6, 6.07) is 7.23. The summed E-state index contributed by atoms with van der Waals surface area (Å²) in [6.07, 6.45) is 0. The maximum atomic E-state index is 9.60. The van der Waals surface area contributed by atoms with E-state index in [0.29, 0.717) is 25.4 Å². The Morgan fingerprint density at radius 3 is 2.84 bits per heavy atom. The zero-order valence-electron chi connectivity index (χ0n) is 11.1. The Bertz CT molecular complexity index is 537. The minimum atomic E-state index is 0.165. The summed E-state index contributed by atoms with van der Waals surface area (Å²) >= 11 is 0. The second-order valence-corrected chi connectivity index (χ2v) is 4.27. The molecule has 2 rings (SSSR count). The number of phenols is 1. The molecule has 19 heavy (non-hydrogen) atoms. The predicted octanol–water partition coefficient (Wildman–Crippen LogP) is 2.38. The van der Waals surface area contributed by atoms with Crippen LogP contribution in [0, 0.1) is 6.92 Å². The smallest absolute Gasteiger partial charge is 0.161 e. The van der Waals surface area contributed by atoms with E-state index >= 15 is 0 Å². The summed E-state index contributed by atoms with van der Waals surface area (Å²) in [7, 11) is 0. The van der Waals surface area contributed by atoms with Crippen LogP contribution in [0.25, 0.3) is 0 Å². The van der Waals surface area contributed by atoms with Crippen molar-refractivity contribution >= 4 is 0 Å². The Morgan fingerprint density at radius 1 is 1.32 bits per heavy atom. The molecule has 0 bridgehead atoms. The Labute approximate surface area is 112 Å². The van der Waals surface area contributed by atoms with E-state index in [-0.39, 0.29) is 5.75 Å². The van der Waals surface area contributed by atoms with Gasteiger partial charge in [-0.3, -0.25) is 0 Å². The lowest BCUT2D eigenvalue weighted by Crippen LogP contribution is -2.12. The van der Waals surface area contributed by atoms with Gasteiger partial charge in [-0.15, -0.1) is 0 Å². The van der Waals surface area contributed by atoms with Crippen molar-refractivity contribution in [3.05, 3.63) is 41.3 Å². The van der Waals surface area contributed by atoms with Gasteiger partial charge in [0.15, 0.2) is 11.5 Å². The van der Waals surface area contributed by atoms with Crippen molar-refractivity contribution in [3.8, 4) is 11.5 Å². The molecule has 0 aliphatic rings. The van der Waals surface area contributed by atoms with Crippen LogP contribution in [-0.2, 0) is 13.1 Å². The molecule has 0 unspecified atom stereocenters. The molecule has 0 atom stereocenters. The van der Waals surface area contributed by atoms with E-state index in [1.165, 1.54) is 0 Å². The molecule has 0 saturated carbocycles. The van der Waals surface area contributed by atoms with Gasteiger partial charge < -0.3 is 19.7 Å². The number of nitrogens with one attached hydrogen (secondary N) is 1. The fourth-order valence-corrected chi connectivity index (χ4v) is 1.78. The molecular formula is C14H18N2O3. The largest absolute Gasteiger partial charge is 0.504 e. The quantitative estimate of drug-likeness (QED) is 0.836. The van der Waals surface area contributed by atoms with Crippen LogP contribution in [-0.4, -0.2) is 16.9 Å². The SMILES string of the molecule is CCOc1cc(CNCc2cc(C)on2)ccc1O. The molecule has 5 nitrogen and oxygen atoms in total. The Hall–Kier alpha value is -2.01. The first-order valence-electron chi connectivity index (χ1n) is 6.26. The molecule has 2 aromatic rings. The van der Waals surface area contributed by atoms with Crippen molar-refractivity contribution in [1.29, 1.82) is 0 Å². The summed E-state index contributed by atoms with van der Waals surface area (Å²) in [5.74, 6) is 1.48. The third kappa shape index (κ3) is 3.72. The predicted molar refractivity (Wildman–Crippen MR) is 71.1 cm³/mol. The zero-order valence-corrected chi connectivity index (χ0v) is 11.1. The van der Waals surface area contributed by atoms with Gasteiger partial charge in [-0.2, -0.15) is 0 Å². The topological polar surface area (TPSA) is 67.5 Å². The maximum absolute atomic E-state index is 9.60. The zero-order chi connectivity index (χ0) is 13.7. The van der Waals surface area contributed by atoms with Gasteiger partial charge in [-0.1, -0.05) is 11.2 Å². The van der Waals surface area contributed by atoms with Crippen LogP contribution in [0.4, 0.5) is 0 Å². The number of ether oxygens (including phenoxy) is 1. The van der Waals surface area contributed by atoms with E-state index in [1.807, 2.05) is 32.0 Å². The van der Waals surface area contributed by atoms with Gasteiger partial charge >= 0.3 is 0 Å². The van der Waals surface area contributed by atoms with E-state index in [1.54, 1.807) is 6.07 Å². The van der Waals surface area contributed by atoms with Crippen LogP contribution in [0.5, 0.6) is 11.5 Å². The second-order valence-electron chi connectivity index (χ2n) is 4.27. The monoisotopic (exact) mass is 262 g/mol. The average Bonchev–Trinajstić information content (AvgIpc) is 2.79. The first-order chi connectivity index (χ1) is 9.19. The fraction of sp³-hybridized carbons (Fsp3) is 0.357. The summed E-state index contributed by atoms with van der Waals surface area (Å²) in [5, 5.41) is 16.8. The minimum absolute atomic E-state index is 0.165.